The van der Waals surface area contributed by atoms with Crippen LogP contribution < -0.4 is 14.9 Å². The van der Waals surface area contributed by atoms with Gasteiger partial charge in [-0.1, -0.05) is 0 Å². The van der Waals surface area contributed by atoms with E-state index in [4.69, 9.17) is 9.47 Å². The normalized spacial score (nSPS) is 10.6. The van der Waals surface area contributed by atoms with Crippen LogP contribution in [0.15, 0.2) is 72.1 Å². The van der Waals surface area contributed by atoms with Crippen molar-refractivity contribution in [3.8, 4) is 11.5 Å². The van der Waals surface area contributed by atoms with Gasteiger partial charge in [-0.3, -0.25) is 19.9 Å². The Kier molecular flexibility index (Phi) is 7.26. The number of nitro benzene ring substituents is 1. The minimum atomic E-state index is -0.447. The number of aromatic nitrogens is 1. The summed E-state index contributed by atoms with van der Waals surface area (Å²) in [6, 6.07) is 14.7. The highest BCUT2D eigenvalue weighted by Gasteiger charge is 2.09. The number of amides is 1. The number of ether oxygens (including phenoxy) is 2. The van der Waals surface area contributed by atoms with E-state index in [0.717, 1.165) is 5.56 Å². The number of benzene rings is 2. The zero-order valence-electron chi connectivity index (χ0n) is 16.7. The third-order valence-electron chi connectivity index (χ3n) is 4.11. The average Bonchev–Trinajstić information content (AvgIpc) is 2.79. The van der Waals surface area contributed by atoms with Crippen molar-refractivity contribution in [3.05, 3.63) is 93.8 Å². The standard InChI is InChI=1S/C22H20N4O5/c1-2-30-21-12-17(13-24-25-22(27)18-4-3-11-23-14-18)7-10-20(21)31-15-16-5-8-19(9-6-16)26(28)29/h3-14H,2,15H2,1H3,(H,25,27)/b24-13-. The van der Waals surface area contributed by atoms with Gasteiger partial charge >= 0.3 is 0 Å². The molecular formula is C22H20N4O5. The van der Waals surface area contributed by atoms with Crippen molar-refractivity contribution in [3.63, 3.8) is 0 Å². The van der Waals surface area contributed by atoms with Crippen molar-refractivity contribution in [1.29, 1.82) is 0 Å². The summed E-state index contributed by atoms with van der Waals surface area (Å²) in [6.45, 7) is 2.52. The zero-order valence-corrected chi connectivity index (χ0v) is 16.7. The minimum Gasteiger partial charge on any atom is -0.490 e. The third-order valence-corrected chi connectivity index (χ3v) is 4.11. The molecule has 0 bridgehead atoms. The number of nitrogens with one attached hydrogen (secondary N) is 1. The Labute approximate surface area is 178 Å². The lowest BCUT2D eigenvalue weighted by molar-refractivity contribution is -0.384. The summed E-state index contributed by atoms with van der Waals surface area (Å²) in [6.07, 6.45) is 4.53. The number of pyridine rings is 1. The fourth-order valence-corrected chi connectivity index (χ4v) is 2.59. The van der Waals surface area contributed by atoms with E-state index in [1.54, 1.807) is 48.7 Å². The number of non-ortho nitro benzene ring substituents is 1. The van der Waals surface area contributed by atoms with Crippen LogP contribution in [0.2, 0.25) is 0 Å². The molecule has 0 saturated heterocycles. The largest absolute Gasteiger partial charge is 0.490 e. The van der Waals surface area contributed by atoms with Gasteiger partial charge in [0.1, 0.15) is 6.61 Å². The van der Waals surface area contributed by atoms with Crippen LogP contribution >= 0.6 is 0 Å². The van der Waals surface area contributed by atoms with E-state index in [9.17, 15) is 14.9 Å². The molecule has 0 fully saturated rings. The minimum absolute atomic E-state index is 0.0259. The number of hydrogen-bond donors (Lipinski definition) is 1. The van der Waals surface area contributed by atoms with E-state index in [0.29, 0.717) is 29.2 Å². The maximum atomic E-state index is 12.0. The number of carbonyl (C=O) groups is 1. The van der Waals surface area contributed by atoms with E-state index in [1.165, 1.54) is 24.5 Å². The number of hydrazone groups is 1. The molecule has 3 rings (SSSR count). The van der Waals surface area contributed by atoms with Gasteiger partial charge in [0.05, 0.1) is 23.3 Å². The Hall–Kier alpha value is -4.27. The first-order valence-electron chi connectivity index (χ1n) is 9.43. The van der Waals surface area contributed by atoms with Gasteiger partial charge in [-0.15, -0.1) is 0 Å². The van der Waals surface area contributed by atoms with Crippen molar-refractivity contribution in [2.24, 2.45) is 5.10 Å². The van der Waals surface area contributed by atoms with Gasteiger partial charge in [0.25, 0.3) is 11.6 Å². The number of carbonyl (C=O) groups excluding carboxylic acids is 1. The number of hydrogen-bond acceptors (Lipinski definition) is 7. The van der Waals surface area contributed by atoms with Gasteiger partial charge in [-0.05, 0) is 60.5 Å². The van der Waals surface area contributed by atoms with Crippen molar-refractivity contribution >= 4 is 17.8 Å². The molecule has 0 aliphatic carbocycles. The fraction of sp³-hybridized carbons (Fsp3) is 0.136. The SMILES string of the molecule is CCOc1cc(/C=N\NC(=O)c2cccnc2)ccc1OCc1ccc([N+](=O)[O-])cc1. The number of rotatable bonds is 9. The smallest absolute Gasteiger partial charge is 0.272 e. The first kappa shape index (κ1) is 21.4. The van der Waals surface area contributed by atoms with Crippen LogP contribution in [0.5, 0.6) is 11.5 Å². The van der Waals surface area contributed by atoms with Gasteiger partial charge in [-0.2, -0.15) is 5.10 Å². The molecule has 2 aromatic carbocycles. The Morgan fingerprint density at radius 1 is 1.16 bits per heavy atom. The highest BCUT2D eigenvalue weighted by atomic mass is 16.6. The summed E-state index contributed by atoms with van der Waals surface area (Å²) >= 11 is 0. The molecule has 3 aromatic rings. The van der Waals surface area contributed by atoms with E-state index in [2.05, 4.69) is 15.5 Å². The molecule has 31 heavy (non-hydrogen) atoms. The van der Waals surface area contributed by atoms with Crippen LogP contribution in [0.3, 0.4) is 0 Å². The summed E-state index contributed by atoms with van der Waals surface area (Å²) < 4.78 is 11.5. The highest BCUT2D eigenvalue weighted by Crippen LogP contribution is 2.29. The molecule has 0 aliphatic rings. The molecule has 0 atom stereocenters. The molecule has 158 valence electrons. The first-order valence-corrected chi connectivity index (χ1v) is 9.43. The Morgan fingerprint density at radius 2 is 1.97 bits per heavy atom. The molecule has 1 heterocycles. The summed E-state index contributed by atoms with van der Waals surface area (Å²) in [5.74, 6) is 0.682. The molecule has 0 saturated carbocycles. The summed E-state index contributed by atoms with van der Waals surface area (Å²) in [7, 11) is 0. The van der Waals surface area contributed by atoms with E-state index in [-0.39, 0.29) is 18.2 Å². The number of nitrogens with zero attached hydrogens (tertiary/aromatic N) is 3. The second kappa shape index (κ2) is 10.5. The molecule has 0 aliphatic heterocycles. The van der Waals surface area contributed by atoms with Crippen molar-refractivity contribution in [2.45, 2.75) is 13.5 Å². The molecule has 1 N–H and O–H groups in total. The molecule has 0 spiro atoms. The highest BCUT2D eigenvalue weighted by molar-refractivity contribution is 5.94. The van der Waals surface area contributed by atoms with Crippen LogP contribution in [0.4, 0.5) is 5.69 Å². The quantitative estimate of drug-likeness (QED) is 0.320. The average molecular weight is 420 g/mol. The van der Waals surface area contributed by atoms with Crippen LogP contribution in [0, 0.1) is 10.1 Å². The predicted octanol–water partition coefficient (Wildman–Crippen LogP) is 3.73. The van der Waals surface area contributed by atoms with Gasteiger partial charge in [0.15, 0.2) is 11.5 Å². The van der Waals surface area contributed by atoms with E-state index in [1.807, 2.05) is 6.92 Å². The van der Waals surface area contributed by atoms with Crippen molar-refractivity contribution in [1.82, 2.24) is 10.4 Å². The second-order valence-electron chi connectivity index (χ2n) is 6.29. The van der Waals surface area contributed by atoms with Crippen LogP contribution in [-0.4, -0.2) is 28.6 Å². The molecule has 0 radical (unpaired) electrons. The third kappa shape index (κ3) is 6.10. The van der Waals surface area contributed by atoms with Crippen molar-refractivity contribution in [2.75, 3.05) is 6.61 Å². The molecule has 1 amide bonds. The summed E-state index contributed by atoms with van der Waals surface area (Å²) in [5.41, 5.74) is 4.37. The van der Waals surface area contributed by atoms with Crippen LogP contribution in [0.1, 0.15) is 28.4 Å². The second-order valence-corrected chi connectivity index (χ2v) is 6.29. The zero-order chi connectivity index (χ0) is 22.1. The van der Waals surface area contributed by atoms with Gasteiger partial charge < -0.3 is 9.47 Å². The van der Waals surface area contributed by atoms with Crippen LogP contribution in [0.25, 0.3) is 0 Å². The Bertz CT molecular complexity index is 1070. The Morgan fingerprint density at radius 3 is 2.65 bits per heavy atom. The molecular weight excluding hydrogens is 400 g/mol. The van der Waals surface area contributed by atoms with Crippen LogP contribution in [-0.2, 0) is 6.61 Å². The van der Waals surface area contributed by atoms with Gasteiger partial charge in [0, 0.05) is 24.5 Å². The van der Waals surface area contributed by atoms with Gasteiger partial charge in [-0.25, -0.2) is 5.43 Å². The molecule has 9 heteroatoms. The maximum Gasteiger partial charge on any atom is 0.272 e. The van der Waals surface area contributed by atoms with E-state index < -0.39 is 4.92 Å². The lowest BCUT2D eigenvalue weighted by Crippen LogP contribution is -2.17. The topological polar surface area (TPSA) is 116 Å². The maximum absolute atomic E-state index is 12.0. The first-order chi connectivity index (χ1) is 15.1. The summed E-state index contributed by atoms with van der Waals surface area (Å²) in [4.78, 5) is 26.2. The Balaban J connectivity index is 1.64. The van der Waals surface area contributed by atoms with Crippen molar-refractivity contribution < 1.29 is 19.2 Å². The van der Waals surface area contributed by atoms with E-state index >= 15 is 0 Å². The predicted molar refractivity (Wildman–Crippen MR) is 114 cm³/mol. The number of nitro groups is 1. The fourth-order valence-electron chi connectivity index (χ4n) is 2.59. The van der Waals surface area contributed by atoms with Gasteiger partial charge in [0.2, 0.25) is 0 Å². The monoisotopic (exact) mass is 420 g/mol. The molecule has 1 aromatic heterocycles. The molecule has 9 nitrogen and oxygen atoms in total. The summed E-state index contributed by atoms with van der Waals surface area (Å²) in [5, 5.41) is 14.7. The lowest BCUT2D eigenvalue weighted by atomic mass is 10.2. The lowest BCUT2D eigenvalue weighted by Gasteiger charge is -2.12. The molecule has 0 unspecified atom stereocenters.